The van der Waals surface area contributed by atoms with Gasteiger partial charge in [-0.05, 0) is 7.05 Å². The number of piperazine rings is 1. The molecule has 0 bridgehead atoms. The van der Waals surface area contributed by atoms with Gasteiger partial charge in [0, 0.05) is 32.2 Å². The number of anilines is 2. The van der Waals surface area contributed by atoms with Crippen LogP contribution in [0.25, 0.3) is 16.9 Å². The first-order chi connectivity index (χ1) is 12.6. The fourth-order valence-corrected chi connectivity index (χ4v) is 2.91. The highest BCUT2D eigenvalue weighted by atomic mass is 16.3. The molecule has 4 heterocycles. The summed E-state index contributed by atoms with van der Waals surface area (Å²) >= 11 is 0. The Kier molecular flexibility index (Phi) is 4.17. The van der Waals surface area contributed by atoms with Crippen molar-refractivity contribution >= 4 is 28.8 Å². The Balaban J connectivity index is 1.78. The van der Waals surface area contributed by atoms with E-state index in [1.54, 1.807) is 18.9 Å². The number of nitrogens with two attached hydrogens (primary N) is 1. The lowest BCUT2D eigenvalue weighted by atomic mass is 10.3. The summed E-state index contributed by atoms with van der Waals surface area (Å²) in [4.78, 5) is 29.3. The number of amides is 1. The van der Waals surface area contributed by atoms with Gasteiger partial charge in [0.1, 0.15) is 12.6 Å². The third kappa shape index (κ3) is 3.06. The van der Waals surface area contributed by atoms with E-state index >= 15 is 0 Å². The number of likely N-dealkylation sites (N-methyl/N-ethyl adjacent to an activating group) is 1. The van der Waals surface area contributed by atoms with E-state index in [0.717, 1.165) is 31.9 Å². The number of carbonyl (C=O) groups is 1. The van der Waals surface area contributed by atoms with Gasteiger partial charge in [-0.1, -0.05) is 0 Å². The monoisotopic (exact) mass is 356 g/mol. The van der Waals surface area contributed by atoms with Crippen molar-refractivity contribution in [1.82, 2.24) is 24.4 Å². The number of rotatable bonds is 5. The summed E-state index contributed by atoms with van der Waals surface area (Å²) < 4.78 is 7.00. The molecule has 0 spiro atoms. The molecule has 1 aliphatic rings. The van der Waals surface area contributed by atoms with E-state index in [0.29, 0.717) is 22.9 Å². The van der Waals surface area contributed by atoms with Crippen LogP contribution in [0.5, 0.6) is 0 Å². The van der Waals surface area contributed by atoms with Crippen LogP contribution >= 0.6 is 0 Å². The molecule has 0 radical (unpaired) electrons. The Morgan fingerprint density at radius 2 is 2.12 bits per heavy atom. The Hall–Kier alpha value is -3.14. The Bertz CT molecular complexity index is 912. The summed E-state index contributed by atoms with van der Waals surface area (Å²) in [6.45, 7) is 3.51. The maximum Gasteiger partial charge on any atom is 0.236 e. The van der Waals surface area contributed by atoms with Crippen LogP contribution in [-0.4, -0.2) is 70.1 Å². The van der Waals surface area contributed by atoms with Gasteiger partial charge >= 0.3 is 0 Å². The van der Waals surface area contributed by atoms with Crippen LogP contribution in [0.2, 0.25) is 0 Å². The minimum atomic E-state index is -0.466. The van der Waals surface area contributed by atoms with Gasteiger partial charge in [-0.3, -0.25) is 9.36 Å². The molecule has 3 aromatic rings. The highest BCUT2D eigenvalue weighted by Crippen LogP contribution is 2.25. The fraction of sp³-hybridized carbons (Fsp3) is 0.375. The van der Waals surface area contributed by atoms with Crippen LogP contribution in [0.15, 0.2) is 29.3 Å². The first kappa shape index (κ1) is 16.3. The van der Waals surface area contributed by atoms with Crippen LogP contribution in [0, 0.1) is 0 Å². The number of furan rings is 1. The summed E-state index contributed by atoms with van der Waals surface area (Å²) in [5, 5.41) is 2.97. The van der Waals surface area contributed by atoms with E-state index in [2.05, 4.69) is 32.1 Å². The van der Waals surface area contributed by atoms with Crippen molar-refractivity contribution in [1.29, 1.82) is 0 Å². The summed E-state index contributed by atoms with van der Waals surface area (Å²) in [5.74, 6) is 0.625. The predicted molar refractivity (Wildman–Crippen MR) is 96.3 cm³/mol. The molecule has 0 unspecified atom stereocenters. The number of imidazole rings is 1. The zero-order valence-corrected chi connectivity index (χ0v) is 14.4. The van der Waals surface area contributed by atoms with Gasteiger partial charge in [-0.15, -0.1) is 0 Å². The molecule has 1 fully saturated rings. The number of aromatic nitrogens is 4. The number of fused-ring (bicyclic) bond motifs is 1. The molecule has 0 saturated carbocycles. The molecule has 4 rings (SSSR count). The molecule has 1 saturated heterocycles. The van der Waals surface area contributed by atoms with Crippen molar-refractivity contribution in [2.45, 2.75) is 0 Å². The lowest BCUT2D eigenvalue weighted by Crippen LogP contribution is -2.45. The van der Waals surface area contributed by atoms with Gasteiger partial charge in [0.15, 0.2) is 17.0 Å². The van der Waals surface area contributed by atoms with Gasteiger partial charge in [0.25, 0.3) is 0 Å². The molecule has 0 atom stereocenters. The van der Waals surface area contributed by atoms with E-state index in [9.17, 15) is 4.79 Å². The minimum absolute atomic E-state index is 0.0210. The quantitative estimate of drug-likeness (QED) is 0.659. The molecule has 0 aliphatic carbocycles. The molecule has 26 heavy (non-hydrogen) atoms. The van der Waals surface area contributed by atoms with Crippen molar-refractivity contribution < 1.29 is 9.21 Å². The molecule has 1 aliphatic heterocycles. The molecule has 136 valence electrons. The number of nitrogens with one attached hydrogen (secondary N) is 1. The van der Waals surface area contributed by atoms with Gasteiger partial charge in [-0.2, -0.15) is 9.97 Å². The van der Waals surface area contributed by atoms with E-state index in [1.807, 2.05) is 10.6 Å². The second-order valence-corrected chi connectivity index (χ2v) is 6.25. The van der Waals surface area contributed by atoms with Gasteiger partial charge in [0.2, 0.25) is 11.9 Å². The normalized spacial score (nSPS) is 15.5. The minimum Gasteiger partial charge on any atom is -0.470 e. The van der Waals surface area contributed by atoms with Crippen LogP contribution in [0.4, 0.5) is 11.8 Å². The lowest BCUT2D eigenvalue weighted by Gasteiger charge is -2.32. The molecular formula is C16H20N8O2. The van der Waals surface area contributed by atoms with Crippen LogP contribution in [0.3, 0.4) is 0 Å². The largest absolute Gasteiger partial charge is 0.470 e. The number of hydrogen-bond donors (Lipinski definition) is 2. The SMILES string of the molecule is CN1CCN(c2nc(NCC(N)=O)c3ncn(-c4ccoc4)c3n2)CC1. The van der Waals surface area contributed by atoms with Gasteiger partial charge < -0.3 is 25.3 Å². The molecule has 1 amide bonds. The van der Waals surface area contributed by atoms with Gasteiger partial charge in [-0.25, -0.2) is 4.98 Å². The van der Waals surface area contributed by atoms with Crippen LogP contribution in [0.1, 0.15) is 0 Å². The van der Waals surface area contributed by atoms with Crippen LogP contribution in [-0.2, 0) is 4.79 Å². The average molecular weight is 356 g/mol. The number of primary amides is 1. The molecular weight excluding hydrogens is 336 g/mol. The van der Waals surface area contributed by atoms with Crippen molar-refractivity contribution in [3.63, 3.8) is 0 Å². The molecule has 3 N–H and O–H groups in total. The Morgan fingerprint density at radius 1 is 1.31 bits per heavy atom. The fourth-order valence-electron chi connectivity index (χ4n) is 2.91. The van der Waals surface area contributed by atoms with Crippen LogP contribution < -0.4 is 16.0 Å². The first-order valence-electron chi connectivity index (χ1n) is 8.35. The predicted octanol–water partition coefficient (Wildman–Crippen LogP) is 0.0575. The molecule has 10 heteroatoms. The maximum absolute atomic E-state index is 11.2. The third-order valence-corrected chi connectivity index (χ3v) is 4.38. The second-order valence-electron chi connectivity index (χ2n) is 6.25. The highest BCUT2D eigenvalue weighted by molar-refractivity contribution is 5.88. The summed E-state index contributed by atoms with van der Waals surface area (Å²) in [5.41, 5.74) is 7.30. The maximum atomic E-state index is 11.2. The molecule has 10 nitrogen and oxygen atoms in total. The van der Waals surface area contributed by atoms with E-state index < -0.39 is 5.91 Å². The number of nitrogens with zero attached hydrogens (tertiary/aromatic N) is 6. The zero-order chi connectivity index (χ0) is 18.1. The molecule has 0 aromatic carbocycles. The summed E-state index contributed by atoms with van der Waals surface area (Å²) in [6, 6.07) is 1.83. The van der Waals surface area contributed by atoms with Gasteiger partial charge in [0.05, 0.1) is 18.5 Å². The zero-order valence-electron chi connectivity index (χ0n) is 14.4. The lowest BCUT2D eigenvalue weighted by molar-refractivity contribution is -0.116. The number of hydrogen-bond acceptors (Lipinski definition) is 8. The van der Waals surface area contributed by atoms with Crippen molar-refractivity contribution in [3.8, 4) is 5.69 Å². The van der Waals surface area contributed by atoms with E-state index in [-0.39, 0.29) is 6.54 Å². The third-order valence-electron chi connectivity index (χ3n) is 4.38. The van der Waals surface area contributed by atoms with Crippen molar-refractivity contribution in [3.05, 3.63) is 24.9 Å². The Morgan fingerprint density at radius 3 is 2.81 bits per heavy atom. The molecule has 3 aromatic heterocycles. The smallest absolute Gasteiger partial charge is 0.236 e. The summed E-state index contributed by atoms with van der Waals surface area (Å²) in [7, 11) is 2.09. The van der Waals surface area contributed by atoms with Crippen molar-refractivity contribution in [2.24, 2.45) is 5.73 Å². The highest BCUT2D eigenvalue weighted by Gasteiger charge is 2.21. The van der Waals surface area contributed by atoms with Crippen molar-refractivity contribution in [2.75, 3.05) is 50.0 Å². The average Bonchev–Trinajstić information content (AvgIpc) is 3.29. The second kappa shape index (κ2) is 6.64. The summed E-state index contributed by atoms with van der Waals surface area (Å²) in [6.07, 6.45) is 4.87. The Labute approximate surface area is 149 Å². The standard InChI is InChI=1S/C16H20N8O2/c1-22-3-5-23(6-4-22)16-20-14(18-8-12(17)25)13-15(21-16)24(10-19-13)11-2-7-26-9-11/h2,7,9-10H,3-6,8H2,1H3,(H2,17,25)(H,18,20,21). The topological polar surface area (TPSA) is 118 Å². The van der Waals surface area contributed by atoms with E-state index in [1.165, 1.54) is 0 Å². The first-order valence-corrected chi connectivity index (χ1v) is 8.35. The number of carbonyl (C=O) groups excluding carboxylic acids is 1. The van der Waals surface area contributed by atoms with E-state index in [4.69, 9.17) is 15.1 Å².